The van der Waals surface area contributed by atoms with Crippen LogP contribution < -0.4 is 4.74 Å². The lowest BCUT2D eigenvalue weighted by atomic mass is 9.82. The molecule has 164 valence electrons. The minimum atomic E-state index is -1.27. The summed E-state index contributed by atoms with van der Waals surface area (Å²) in [7, 11) is 0. The van der Waals surface area contributed by atoms with E-state index < -0.39 is 17.4 Å². The van der Waals surface area contributed by atoms with Gasteiger partial charge in [-0.2, -0.15) is 0 Å². The summed E-state index contributed by atoms with van der Waals surface area (Å²) in [6.45, 7) is 8.03. The molecule has 0 spiro atoms. The van der Waals surface area contributed by atoms with Crippen LogP contribution in [0.1, 0.15) is 90.5 Å². The Balaban J connectivity index is 2.52. The Morgan fingerprint density at radius 1 is 0.897 bits per heavy atom. The molecule has 0 aliphatic carbocycles. The average molecular weight is 425 g/mol. The number of carbonyl (C=O) groups is 2. The first-order valence-electron chi connectivity index (χ1n) is 11.1. The zero-order valence-electron chi connectivity index (χ0n) is 18.5. The Kier molecular flexibility index (Phi) is 12.0. The van der Waals surface area contributed by atoms with Crippen molar-refractivity contribution in [2.75, 3.05) is 6.61 Å². The minimum Gasteiger partial charge on any atom is -0.465 e. The van der Waals surface area contributed by atoms with Gasteiger partial charge >= 0.3 is 11.9 Å². The zero-order chi connectivity index (χ0) is 21.7. The van der Waals surface area contributed by atoms with E-state index >= 15 is 0 Å². The van der Waals surface area contributed by atoms with Gasteiger partial charge in [0.25, 0.3) is 0 Å². The van der Waals surface area contributed by atoms with Gasteiger partial charge in [-0.3, -0.25) is 9.59 Å². The molecule has 0 N–H and O–H groups in total. The van der Waals surface area contributed by atoms with Gasteiger partial charge in [0, 0.05) is 5.02 Å². The molecule has 0 bridgehead atoms. The monoisotopic (exact) mass is 424 g/mol. The van der Waals surface area contributed by atoms with E-state index in [-0.39, 0.29) is 0 Å². The lowest BCUT2D eigenvalue weighted by Gasteiger charge is -2.26. The summed E-state index contributed by atoms with van der Waals surface area (Å²) in [5, 5.41) is 0.604. The van der Waals surface area contributed by atoms with Crippen molar-refractivity contribution in [3.63, 3.8) is 0 Å². The van der Waals surface area contributed by atoms with Gasteiger partial charge in [-0.05, 0) is 49.9 Å². The van der Waals surface area contributed by atoms with Crippen molar-refractivity contribution in [3.05, 3.63) is 28.8 Å². The van der Waals surface area contributed by atoms with Crippen LogP contribution in [0.15, 0.2) is 18.2 Å². The van der Waals surface area contributed by atoms with Crippen molar-refractivity contribution >= 4 is 23.5 Å². The van der Waals surface area contributed by atoms with Crippen LogP contribution in [-0.2, 0) is 14.3 Å². The minimum absolute atomic E-state index is 0.338. The smallest absolute Gasteiger partial charge is 0.328 e. The summed E-state index contributed by atoms with van der Waals surface area (Å²) in [6.07, 6.45) is 10.1. The molecule has 0 saturated heterocycles. The topological polar surface area (TPSA) is 52.6 Å². The number of benzene rings is 1. The lowest BCUT2D eigenvalue weighted by molar-refractivity contribution is -0.168. The Labute approximate surface area is 181 Å². The average Bonchev–Trinajstić information content (AvgIpc) is 2.71. The predicted molar refractivity (Wildman–Crippen MR) is 118 cm³/mol. The fraction of sp³-hybridized carbons (Fsp3) is 0.667. The molecular weight excluding hydrogens is 388 g/mol. The van der Waals surface area contributed by atoms with Crippen molar-refractivity contribution in [3.8, 4) is 5.75 Å². The lowest BCUT2D eigenvalue weighted by Crippen LogP contribution is -2.42. The maximum absolute atomic E-state index is 12.8. The van der Waals surface area contributed by atoms with E-state index in [9.17, 15) is 9.59 Å². The summed E-state index contributed by atoms with van der Waals surface area (Å²) < 4.78 is 11.0. The molecule has 0 saturated carbocycles. The second kappa shape index (κ2) is 13.6. The largest absolute Gasteiger partial charge is 0.465 e. The van der Waals surface area contributed by atoms with Crippen LogP contribution in [0.2, 0.25) is 5.02 Å². The molecule has 1 rings (SSSR count). The Morgan fingerprint density at radius 2 is 1.48 bits per heavy atom. The van der Waals surface area contributed by atoms with Crippen molar-refractivity contribution < 1.29 is 19.1 Å². The van der Waals surface area contributed by atoms with Gasteiger partial charge in [0.05, 0.1) is 6.61 Å². The number of ether oxygens (including phenoxy) is 2. The maximum Gasteiger partial charge on any atom is 0.328 e. The van der Waals surface area contributed by atoms with Gasteiger partial charge in [-0.25, -0.2) is 0 Å². The van der Waals surface area contributed by atoms with E-state index in [1.54, 1.807) is 18.2 Å². The highest BCUT2D eigenvalue weighted by molar-refractivity contribution is 6.31. The van der Waals surface area contributed by atoms with Crippen molar-refractivity contribution in [2.24, 2.45) is 5.41 Å². The number of unbranched alkanes of at least 4 members (excludes halogenated alkanes) is 7. The molecule has 5 heteroatoms. The molecule has 0 radical (unpaired) electrons. The number of hydrogen-bond donors (Lipinski definition) is 0. The molecule has 1 aromatic rings. The SMILES string of the molecule is CCCCCCCCCCOC(=O)C(CC)(CC)C(=O)Oc1ccc(Cl)c(C)c1. The summed E-state index contributed by atoms with van der Waals surface area (Å²) in [5.74, 6) is -0.662. The highest BCUT2D eigenvalue weighted by atomic mass is 35.5. The normalized spacial score (nSPS) is 11.3. The van der Waals surface area contributed by atoms with Gasteiger partial charge in [-0.1, -0.05) is 77.3 Å². The fourth-order valence-corrected chi connectivity index (χ4v) is 3.45. The molecular formula is C24H37ClO4. The molecule has 1 aromatic carbocycles. The summed E-state index contributed by atoms with van der Waals surface area (Å²) >= 11 is 6.02. The van der Waals surface area contributed by atoms with Gasteiger partial charge in [-0.15, -0.1) is 0 Å². The van der Waals surface area contributed by atoms with Crippen molar-refractivity contribution in [1.29, 1.82) is 0 Å². The van der Waals surface area contributed by atoms with Crippen LogP contribution in [0.5, 0.6) is 5.75 Å². The third kappa shape index (κ3) is 8.00. The quantitative estimate of drug-likeness (QED) is 0.139. The second-order valence-electron chi connectivity index (χ2n) is 7.70. The van der Waals surface area contributed by atoms with Crippen LogP contribution in [0.25, 0.3) is 0 Å². The molecule has 0 aromatic heterocycles. The van der Waals surface area contributed by atoms with Crippen molar-refractivity contribution in [1.82, 2.24) is 0 Å². The molecule has 4 nitrogen and oxygen atoms in total. The van der Waals surface area contributed by atoms with Crippen molar-refractivity contribution in [2.45, 2.75) is 91.9 Å². The Hall–Kier alpha value is -1.55. The van der Waals surface area contributed by atoms with Crippen LogP contribution in [0, 0.1) is 12.3 Å². The van der Waals surface area contributed by atoms with Crippen LogP contribution in [-0.4, -0.2) is 18.5 Å². The Bertz CT molecular complexity index is 638. The Morgan fingerprint density at radius 3 is 2.03 bits per heavy atom. The van der Waals surface area contributed by atoms with Crippen LogP contribution >= 0.6 is 11.6 Å². The molecule has 0 amide bonds. The number of hydrogen-bond acceptors (Lipinski definition) is 4. The predicted octanol–water partition coefficient (Wildman–Crippen LogP) is 7.04. The number of carbonyl (C=O) groups excluding carboxylic acids is 2. The van der Waals surface area contributed by atoms with E-state index in [4.69, 9.17) is 21.1 Å². The summed E-state index contributed by atoms with van der Waals surface area (Å²) in [6, 6.07) is 5.01. The third-order valence-corrected chi connectivity index (χ3v) is 5.98. The molecule has 0 atom stereocenters. The van der Waals surface area contributed by atoms with Gasteiger partial charge < -0.3 is 9.47 Å². The van der Waals surface area contributed by atoms with Gasteiger partial charge in [0.1, 0.15) is 5.75 Å². The van der Waals surface area contributed by atoms with E-state index in [0.717, 1.165) is 24.8 Å². The first-order chi connectivity index (χ1) is 13.9. The first kappa shape index (κ1) is 25.5. The van der Waals surface area contributed by atoms with E-state index in [2.05, 4.69) is 6.92 Å². The molecule has 0 aliphatic rings. The zero-order valence-corrected chi connectivity index (χ0v) is 19.3. The highest BCUT2D eigenvalue weighted by Crippen LogP contribution is 2.32. The summed E-state index contributed by atoms with van der Waals surface area (Å²) in [5.41, 5.74) is -0.457. The molecule has 29 heavy (non-hydrogen) atoms. The van der Waals surface area contributed by atoms with Gasteiger partial charge in [0.15, 0.2) is 5.41 Å². The number of aryl methyl sites for hydroxylation is 1. The van der Waals surface area contributed by atoms with Crippen LogP contribution in [0.3, 0.4) is 0 Å². The number of halogens is 1. The standard InChI is InChI=1S/C24H37ClO4/c1-5-8-9-10-11-12-13-14-17-28-22(26)24(6-2,7-3)23(27)29-20-15-16-21(25)19(4)18-20/h15-16,18H,5-14,17H2,1-4H3. The maximum atomic E-state index is 12.8. The van der Waals surface area contributed by atoms with Crippen LogP contribution in [0.4, 0.5) is 0 Å². The first-order valence-corrected chi connectivity index (χ1v) is 11.4. The molecule has 0 heterocycles. The van der Waals surface area contributed by atoms with E-state index in [1.807, 2.05) is 20.8 Å². The van der Waals surface area contributed by atoms with E-state index in [0.29, 0.717) is 30.2 Å². The summed E-state index contributed by atoms with van der Waals surface area (Å²) in [4.78, 5) is 25.6. The number of rotatable bonds is 14. The third-order valence-electron chi connectivity index (χ3n) is 5.56. The van der Waals surface area contributed by atoms with Gasteiger partial charge in [0.2, 0.25) is 0 Å². The number of esters is 2. The molecule has 0 aliphatic heterocycles. The van der Waals surface area contributed by atoms with E-state index in [1.165, 1.54) is 32.1 Å². The molecule has 0 unspecified atom stereocenters. The molecule has 0 fully saturated rings. The second-order valence-corrected chi connectivity index (χ2v) is 8.11. The highest BCUT2D eigenvalue weighted by Gasteiger charge is 2.46. The fourth-order valence-electron chi connectivity index (χ4n) is 3.34.